The zero-order valence-electron chi connectivity index (χ0n) is 14.2. The van der Waals surface area contributed by atoms with Gasteiger partial charge in [0.2, 0.25) is 0 Å². The molecule has 6 nitrogen and oxygen atoms in total. The monoisotopic (exact) mass is 309 g/mol. The third-order valence-electron chi connectivity index (χ3n) is 3.50. The van der Waals surface area contributed by atoms with Gasteiger partial charge in [0.05, 0.1) is 18.7 Å². The van der Waals surface area contributed by atoms with Crippen LogP contribution in [0.4, 0.5) is 0 Å². The zero-order valence-corrected chi connectivity index (χ0v) is 14.2. The molecule has 0 aromatic carbocycles. The molecule has 0 radical (unpaired) electrons. The van der Waals surface area contributed by atoms with Crippen molar-refractivity contribution < 1.29 is 5.11 Å². The molecule has 0 aliphatic heterocycles. The molecule has 0 spiro atoms. The Kier molecular flexibility index (Phi) is 8.58. The minimum atomic E-state index is -0.687. The number of guanidine groups is 1. The number of hydrogen-bond donors (Lipinski definition) is 3. The average molecular weight is 309 g/mol. The predicted molar refractivity (Wildman–Crippen MR) is 91.0 cm³/mol. The van der Waals surface area contributed by atoms with E-state index in [0.29, 0.717) is 6.54 Å². The van der Waals surface area contributed by atoms with Crippen LogP contribution in [0.25, 0.3) is 0 Å². The molecule has 0 saturated carbocycles. The van der Waals surface area contributed by atoms with Gasteiger partial charge in [-0.15, -0.1) is 0 Å². The van der Waals surface area contributed by atoms with Crippen LogP contribution in [0.5, 0.6) is 0 Å². The second-order valence-corrected chi connectivity index (χ2v) is 5.62. The van der Waals surface area contributed by atoms with Crippen LogP contribution in [0.15, 0.2) is 23.5 Å². The van der Waals surface area contributed by atoms with Gasteiger partial charge in [-0.3, -0.25) is 9.67 Å². The Hall–Kier alpha value is -1.56. The second kappa shape index (κ2) is 10.2. The number of aliphatic imine (C=N–C) groups is 1. The number of nitrogens with zero attached hydrogens (tertiary/aromatic N) is 3. The van der Waals surface area contributed by atoms with Gasteiger partial charge in [-0.25, -0.2) is 0 Å². The van der Waals surface area contributed by atoms with Crippen LogP contribution in [0, 0.1) is 0 Å². The van der Waals surface area contributed by atoms with E-state index in [1.807, 2.05) is 23.9 Å². The Labute approximate surface area is 134 Å². The summed E-state index contributed by atoms with van der Waals surface area (Å²) in [5, 5.41) is 21.3. The molecule has 0 unspecified atom stereocenters. The maximum atomic E-state index is 10.6. The molecule has 0 fully saturated rings. The Morgan fingerprint density at radius 2 is 1.95 bits per heavy atom. The van der Waals surface area contributed by atoms with E-state index in [4.69, 9.17) is 0 Å². The van der Waals surface area contributed by atoms with Crippen LogP contribution >= 0.6 is 0 Å². The maximum absolute atomic E-state index is 10.6. The Morgan fingerprint density at radius 3 is 2.50 bits per heavy atom. The highest BCUT2D eigenvalue weighted by molar-refractivity contribution is 5.79. The number of nitrogens with one attached hydrogen (secondary N) is 2. The third-order valence-corrected chi connectivity index (χ3v) is 3.50. The molecule has 0 aliphatic rings. The first-order valence-electron chi connectivity index (χ1n) is 8.35. The standard InChI is InChI=1S/C16H31N5O/c1-4-8-16(22,9-5-2)14-19-15(17-6-3)18-11-13-21-12-7-10-20-21/h7,10,12,22H,4-6,8-9,11,13-14H2,1-3H3,(H2,17,18,19). The van der Waals surface area contributed by atoms with Crippen LogP contribution in [-0.2, 0) is 6.54 Å². The summed E-state index contributed by atoms with van der Waals surface area (Å²) in [6, 6.07) is 1.91. The molecular formula is C16H31N5O. The SMILES string of the molecule is CCCC(O)(CCC)CN=C(NCC)NCCn1cccn1. The molecule has 0 atom stereocenters. The minimum absolute atomic E-state index is 0.436. The summed E-state index contributed by atoms with van der Waals surface area (Å²) < 4.78 is 1.88. The van der Waals surface area contributed by atoms with Gasteiger partial charge in [-0.05, 0) is 25.8 Å². The van der Waals surface area contributed by atoms with Crippen LogP contribution < -0.4 is 10.6 Å². The van der Waals surface area contributed by atoms with Crippen molar-refractivity contribution in [2.75, 3.05) is 19.6 Å². The van der Waals surface area contributed by atoms with Crippen molar-refractivity contribution in [3.05, 3.63) is 18.5 Å². The van der Waals surface area contributed by atoms with E-state index in [9.17, 15) is 5.11 Å². The highest BCUT2D eigenvalue weighted by Gasteiger charge is 2.24. The summed E-state index contributed by atoms with van der Waals surface area (Å²) in [6.45, 7) is 8.99. The molecule has 1 rings (SSSR count). The van der Waals surface area contributed by atoms with Crippen LogP contribution in [-0.4, -0.2) is 46.1 Å². The second-order valence-electron chi connectivity index (χ2n) is 5.62. The fraction of sp³-hybridized carbons (Fsp3) is 0.750. The van der Waals surface area contributed by atoms with Crippen molar-refractivity contribution >= 4 is 5.96 Å². The molecule has 0 amide bonds. The van der Waals surface area contributed by atoms with Crippen molar-refractivity contribution in [1.82, 2.24) is 20.4 Å². The van der Waals surface area contributed by atoms with Gasteiger partial charge in [0.1, 0.15) is 0 Å². The number of rotatable bonds is 10. The van der Waals surface area contributed by atoms with Crippen molar-refractivity contribution in [2.24, 2.45) is 4.99 Å². The lowest BCUT2D eigenvalue weighted by Crippen LogP contribution is -2.41. The Bertz CT molecular complexity index is 410. The summed E-state index contributed by atoms with van der Waals surface area (Å²) >= 11 is 0. The lowest BCUT2D eigenvalue weighted by molar-refractivity contribution is 0.0306. The summed E-state index contributed by atoms with van der Waals surface area (Å²) in [4.78, 5) is 4.56. The van der Waals surface area contributed by atoms with Gasteiger partial charge in [0, 0.05) is 25.5 Å². The van der Waals surface area contributed by atoms with E-state index in [0.717, 1.165) is 51.3 Å². The van der Waals surface area contributed by atoms with E-state index in [1.54, 1.807) is 6.20 Å². The van der Waals surface area contributed by atoms with Crippen molar-refractivity contribution in [3.63, 3.8) is 0 Å². The predicted octanol–water partition coefficient (Wildman–Crippen LogP) is 1.77. The average Bonchev–Trinajstić information content (AvgIpc) is 2.99. The van der Waals surface area contributed by atoms with Crippen molar-refractivity contribution in [3.8, 4) is 0 Å². The fourth-order valence-electron chi connectivity index (χ4n) is 2.50. The molecule has 1 aromatic rings. The largest absolute Gasteiger partial charge is 0.388 e. The third kappa shape index (κ3) is 6.93. The summed E-state index contributed by atoms with van der Waals surface area (Å²) in [5.74, 6) is 0.750. The van der Waals surface area contributed by atoms with Crippen LogP contribution in [0.2, 0.25) is 0 Å². The van der Waals surface area contributed by atoms with Gasteiger partial charge in [0.15, 0.2) is 5.96 Å². The van der Waals surface area contributed by atoms with E-state index >= 15 is 0 Å². The normalized spacial score (nSPS) is 12.5. The Morgan fingerprint density at radius 1 is 1.23 bits per heavy atom. The van der Waals surface area contributed by atoms with E-state index in [-0.39, 0.29) is 0 Å². The fourth-order valence-corrected chi connectivity index (χ4v) is 2.50. The van der Waals surface area contributed by atoms with E-state index in [1.165, 1.54) is 0 Å². The first kappa shape index (κ1) is 18.5. The maximum Gasteiger partial charge on any atom is 0.191 e. The topological polar surface area (TPSA) is 74.5 Å². The molecule has 0 saturated heterocycles. The number of hydrogen-bond acceptors (Lipinski definition) is 3. The first-order chi connectivity index (χ1) is 10.6. The van der Waals surface area contributed by atoms with E-state index < -0.39 is 5.60 Å². The molecule has 3 N–H and O–H groups in total. The minimum Gasteiger partial charge on any atom is -0.388 e. The first-order valence-corrected chi connectivity index (χ1v) is 8.35. The summed E-state index contributed by atoms with van der Waals surface area (Å²) in [6.07, 6.45) is 7.22. The van der Waals surface area contributed by atoms with Crippen molar-refractivity contribution in [2.45, 2.75) is 58.6 Å². The summed E-state index contributed by atoms with van der Waals surface area (Å²) in [5.41, 5.74) is -0.687. The van der Waals surface area contributed by atoms with Crippen LogP contribution in [0.3, 0.4) is 0 Å². The van der Waals surface area contributed by atoms with Gasteiger partial charge in [-0.2, -0.15) is 5.10 Å². The molecular weight excluding hydrogens is 278 g/mol. The van der Waals surface area contributed by atoms with Crippen LogP contribution in [0.1, 0.15) is 46.5 Å². The molecule has 6 heteroatoms. The number of aliphatic hydroxyl groups is 1. The Balaban J connectivity index is 2.51. The highest BCUT2D eigenvalue weighted by Crippen LogP contribution is 2.19. The number of aromatic nitrogens is 2. The molecule has 126 valence electrons. The molecule has 0 aliphatic carbocycles. The molecule has 0 bridgehead atoms. The molecule has 1 heterocycles. The molecule has 1 aromatic heterocycles. The lowest BCUT2D eigenvalue weighted by Gasteiger charge is -2.26. The van der Waals surface area contributed by atoms with Gasteiger partial charge < -0.3 is 15.7 Å². The quantitative estimate of drug-likeness (QED) is 0.455. The smallest absolute Gasteiger partial charge is 0.191 e. The van der Waals surface area contributed by atoms with Gasteiger partial charge >= 0.3 is 0 Å². The lowest BCUT2D eigenvalue weighted by atomic mass is 9.93. The van der Waals surface area contributed by atoms with Crippen molar-refractivity contribution in [1.29, 1.82) is 0 Å². The zero-order chi connectivity index (χ0) is 16.3. The summed E-state index contributed by atoms with van der Waals surface area (Å²) in [7, 11) is 0. The van der Waals surface area contributed by atoms with E-state index in [2.05, 4.69) is 34.6 Å². The van der Waals surface area contributed by atoms with Gasteiger partial charge in [0.25, 0.3) is 0 Å². The molecule has 22 heavy (non-hydrogen) atoms. The highest BCUT2D eigenvalue weighted by atomic mass is 16.3. The van der Waals surface area contributed by atoms with Gasteiger partial charge in [-0.1, -0.05) is 26.7 Å².